The molecule has 7 heteroatoms. The van der Waals surface area contributed by atoms with E-state index in [0.29, 0.717) is 16.1 Å². The molecule has 0 radical (unpaired) electrons. The van der Waals surface area contributed by atoms with Crippen LogP contribution in [-0.4, -0.2) is 35.9 Å². The van der Waals surface area contributed by atoms with Crippen LogP contribution in [0.4, 0.5) is 5.69 Å². The van der Waals surface area contributed by atoms with Crippen molar-refractivity contribution in [2.45, 2.75) is 25.9 Å². The third-order valence-corrected chi connectivity index (χ3v) is 5.31. The molecule has 6 nitrogen and oxygen atoms in total. The quantitative estimate of drug-likeness (QED) is 0.621. The van der Waals surface area contributed by atoms with E-state index < -0.39 is 17.5 Å². The minimum absolute atomic E-state index is 0.197. The highest BCUT2D eigenvalue weighted by atomic mass is 32.1. The lowest BCUT2D eigenvalue weighted by atomic mass is 9.89. The van der Waals surface area contributed by atoms with Crippen molar-refractivity contribution in [3.8, 4) is 0 Å². The van der Waals surface area contributed by atoms with Crippen molar-refractivity contribution in [3.05, 3.63) is 51.7 Å². The maximum atomic E-state index is 12.9. The number of hydrogen-bond acceptors (Lipinski definition) is 6. The molecule has 0 spiro atoms. The molecule has 1 amide bonds. The van der Waals surface area contributed by atoms with Gasteiger partial charge in [0.2, 0.25) is 0 Å². The molecule has 1 aliphatic heterocycles. The number of rotatable bonds is 6. The minimum atomic E-state index is -1.99. The molecule has 2 aromatic rings. The van der Waals surface area contributed by atoms with Gasteiger partial charge in [0.1, 0.15) is 6.54 Å². The van der Waals surface area contributed by atoms with Crippen LogP contribution in [0.15, 0.2) is 36.4 Å². The van der Waals surface area contributed by atoms with Gasteiger partial charge in [0.05, 0.1) is 23.6 Å². The van der Waals surface area contributed by atoms with Crippen LogP contribution in [0.1, 0.15) is 33.5 Å². The van der Waals surface area contributed by atoms with E-state index in [1.807, 2.05) is 13.0 Å². The van der Waals surface area contributed by atoms with Gasteiger partial charge in [0.15, 0.2) is 11.4 Å². The van der Waals surface area contributed by atoms with E-state index in [4.69, 9.17) is 4.74 Å². The van der Waals surface area contributed by atoms with Gasteiger partial charge in [-0.15, -0.1) is 11.3 Å². The van der Waals surface area contributed by atoms with Crippen LogP contribution in [0.3, 0.4) is 0 Å². The molecule has 0 saturated heterocycles. The summed E-state index contributed by atoms with van der Waals surface area (Å²) < 4.78 is 4.91. The Hall–Kier alpha value is -2.51. The lowest BCUT2D eigenvalue weighted by Gasteiger charge is -2.22. The Balaban J connectivity index is 1.92. The average Bonchev–Trinajstić information content (AvgIpc) is 3.12. The number of nitrogens with zero attached hydrogens (tertiary/aromatic N) is 1. The van der Waals surface area contributed by atoms with Gasteiger partial charge >= 0.3 is 5.97 Å². The number of ether oxygens (including phenoxy) is 1. The lowest BCUT2D eigenvalue weighted by Crippen LogP contribution is -2.43. The summed E-state index contributed by atoms with van der Waals surface area (Å²) in [6.45, 7) is 3.45. The SMILES string of the molecule is CCOC(=O)CN1C(=O)[C@](O)(CC(=O)c2ccc(C)s2)c2ccccc21. The van der Waals surface area contributed by atoms with Gasteiger partial charge in [-0.3, -0.25) is 19.3 Å². The fourth-order valence-electron chi connectivity index (χ4n) is 3.07. The van der Waals surface area contributed by atoms with Crippen LogP contribution in [0.5, 0.6) is 0 Å². The van der Waals surface area contributed by atoms with E-state index in [0.717, 1.165) is 4.88 Å². The number of esters is 1. The number of carbonyl (C=O) groups excluding carboxylic acids is 3. The number of hydrogen-bond donors (Lipinski definition) is 1. The Kier molecular flexibility index (Phi) is 4.93. The second-order valence-electron chi connectivity index (χ2n) is 6.08. The maximum Gasteiger partial charge on any atom is 0.326 e. The number of carbonyl (C=O) groups is 3. The van der Waals surface area contributed by atoms with Gasteiger partial charge in [-0.25, -0.2) is 0 Å². The molecule has 0 bridgehead atoms. The number of aryl methyl sites for hydroxylation is 1. The lowest BCUT2D eigenvalue weighted by molar-refractivity contribution is -0.144. The summed E-state index contributed by atoms with van der Waals surface area (Å²) in [6.07, 6.45) is -0.373. The first-order chi connectivity index (χ1) is 12.4. The molecular weight excluding hydrogens is 354 g/mol. The Labute approximate surface area is 155 Å². The van der Waals surface area contributed by atoms with Crippen LogP contribution < -0.4 is 4.90 Å². The second-order valence-corrected chi connectivity index (χ2v) is 7.37. The third kappa shape index (κ3) is 3.15. The number of aliphatic hydroxyl groups is 1. The number of fused-ring (bicyclic) bond motifs is 1. The fraction of sp³-hybridized carbons (Fsp3) is 0.316. The van der Waals surface area contributed by atoms with Crippen LogP contribution in [-0.2, 0) is 19.9 Å². The minimum Gasteiger partial charge on any atom is -0.465 e. The van der Waals surface area contributed by atoms with Gasteiger partial charge in [-0.1, -0.05) is 18.2 Å². The summed E-state index contributed by atoms with van der Waals surface area (Å²) in [5, 5.41) is 11.1. The van der Waals surface area contributed by atoms with Gasteiger partial charge in [-0.2, -0.15) is 0 Å². The highest BCUT2D eigenvalue weighted by molar-refractivity contribution is 7.14. The number of Topliss-reactive ketones (excluding diaryl/α,β-unsaturated/α-hetero) is 1. The average molecular weight is 373 g/mol. The number of benzene rings is 1. The first kappa shape index (κ1) is 18.3. The van der Waals surface area contributed by atoms with Crippen molar-refractivity contribution < 1.29 is 24.2 Å². The first-order valence-electron chi connectivity index (χ1n) is 8.26. The summed E-state index contributed by atoms with van der Waals surface area (Å²) in [6, 6.07) is 10.1. The molecule has 26 heavy (non-hydrogen) atoms. The monoisotopic (exact) mass is 373 g/mol. The first-order valence-corrected chi connectivity index (χ1v) is 9.07. The molecule has 1 atom stereocenters. The number of para-hydroxylation sites is 1. The molecule has 0 aliphatic carbocycles. The van der Waals surface area contributed by atoms with Gasteiger partial charge in [0, 0.05) is 10.4 Å². The fourth-order valence-corrected chi connectivity index (χ4v) is 3.88. The van der Waals surface area contributed by atoms with E-state index in [1.54, 1.807) is 37.3 Å². The van der Waals surface area contributed by atoms with Crippen LogP contribution >= 0.6 is 11.3 Å². The molecule has 1 aliphatic rings. The summed E-state index contributed by atoms with van der Waals surface area (Å²) >= 11 is 1.32. The molecular formula is C19H19NO5S. The molecule has 2 heterocycles. The molecule has 1 aromatic heterocycles. The molecule has 1 aromatic carbocycles. The third-order valence-electron chi connectivity index (χ3n) is 4.26. The van der Waals surface area contributed by atoms with E-state index in [-0.39, 0.29) is 25.4 Å². The molecule has 0 fully saturated rings. The van der Waals surface area contributed by atoms with Gasteiger partial charge < -0.3 is 9.84 Å². The van der Waals surface area contributed by atoms with E-state index >= 15 is 0 Å². The topological polar surface area (TPSA) is 83.9 Å². The number of anilines is 1. The Bertz CT molecular complexity index is 874. The standard InChI is InChI=1S/C19H19NO5S/c1-3-25-17(22)11-20-14-7-5-4-6-13(14)19(24,18(20)23)10-15(21)16-9-8-12(2)26-16/h4-9,24H,3,10-11H2,1-2H3/t19-/m0/s1. The highest BCUT2D eigenvalue weighted by Crippen LogP contribution is 2.43. The van der Waals surface area contributed by atoms with Crippen molar-refractivity contribution in [2.75, 3.05) is 18.1 Å². The second kappa shape index (κ2) is 7.01. The summed E-state index contributed by atoms with van der Waals surface area (Å²) in [5.41, 5.74) is -1.24. The van der Waals surface area contributed by atoms with Crippen molar-refractivity contribution in [3.63, 3.8) is 0 Å². The predicted octanol–water partition coefficient (Wildman–Crippen LogP) is 2.43. The summed E-state index contributed by atoms with van der Waals surface area (Å²) in [4.78, 5) is 40.0. The van der Waals surface area contributed by atoms with Crippen molar-refractivity contribution >= 4 is 34.7 Å². The largest absolute Gasteiger partial charge is 0.465 e. The smallest absolute Gasteiger partial charge is 0.326 e. The number of amides is 1. The van der Waals surface area contributed by atoms with Crippen LogP contribution in [0.25, 0.3) is 0 Å². The zero-order valence-corrected chi connectivity index (χ0v) is 15.3. The van der Waals surface area contributed by atoms with Gasteiger partial charge in [0.25, 0.3) is 5.91 Å². The van der Waals surface area contributed by atoms with Gasteiger partial charge in [-0.05, 0) is 32.0 Å². The van der Waals surface area contributed by atoms with E-state index in [2.05, 4.69) is 0 Å². The van der Waals surface area contributed by atoms with Crippen molar-refractivity contribution in [1.82, 2.24) is 0 Å². The summed E-state index contributed by atoms with van der Waals surface area (Å²) in [7, 11) is 0. The van der Waals surface area contributed by atoms with E-state index in [9.17, 15) is 19.5 Å². The Morgan fingerprint density at radius 2 is 1.96 bits per heavy atom. The summed E-state index contributed by atoms with van der Waals surface area (Å²) in [5.74, 6) is -1.57. The molecule has 136 valence electrons. The highest BCUT2D eigenvalue weighted by Gasteiger charge is 2.51. The van der Waals surface area contributed by atoms with Crippen molar-refractivity contribution in [1.29, 1.82) is 0 Å². The number of thiophene rings is 1. The molecule has 1 N–H and O–H groups in total. The zero-order chi connectivity index (χ0) is 18.9. The maximum absolute atomic E-state index is 12.9. The normalized spacial score (nSPS) is 18.7. The zero-order valence-electron chi connectivity index (χ0n) is 14.5. The number of ketones is 1. The molecule has 3 rings (SSSR count). The molecule has 0 saturated carbocycles. The Morgan fingerprint density at radius 1 is 1.23 bits per heavy atom. The predicted molar refractivity (Wildman–Crippen MR) is 97.3 cm³/mol. The molecule has 0 unspecified atom stereocenters. The van der Waals surface area contributed by atoms with E-state index in [1.165, 1.54) is 16.2 Å². The van der Waals surface area contributed by atoms with Crippen LogP contribution in [0.2, 0.25) is 0 Å². The van der Waals surface area contributed by atoms with Crippen LogP contribution in [0, 0.1) is 6.92 Å². The Morgan fingerprint density at radius 3 is 2.62 bits per heavy atom. The van der Waals surface area contributed by atoms with Crippen molar-refractivity contribution in [2.24, 2.45) is 0 Å².